The summed E-state index contributed by atoms with van der Waals surface area (Å²) in [5, 5.41) is 7.53. The Labute approximate surface area is 278 Å². The summed E-state index contributed by atoms with van der Waals surface area (Å²) in [4.78, 5) is 28.6. The Kier molecular flexibility index (Phi) is 9.07. The van der Waals surface area contributed by atoms with Crippen molar-refractivity contribution in [1.29, 1.82) is 0 Å². The third kappa shape index (κ3) is 6.75. The van der Waals surface area contributed by atoms with Crippen LogP contribution in [-0.2, 0) is 12.1 Å². The number of amides is 2. The van der Waals surface area contributed by atoms with E-state index in [0.717, 1.165) is 41.4 Å². The first-order valence-corrected chi connectivity index (χ1v) is 16.7. The maximum atomic E-state index is 13.6. The number of fused-ring (bicyclic) bond motifs is 1. The summed E-state index contributed by atoms with van der Waals surface area (Å²) in [6.07, 6.45) is 1.93. The maximum absolute atomic E-state index is 13.6. The molecule has 1 aliphatic rings. The Balaban J connectivity index is 1.19. The number of aryl methyl sites for hydroxylation is 1. The lowest BCUT2D eigenvalue weighted by Gasteiger charge is -2.20. The first-order valence-electron chi connectivity index (χ1n) is 16.7. The topological polar surface area (TPSA) is 66.4 Å². The summed E-state index contributed by atoms with van der Waals surface area (Å²) in [6, 6.07) is 31.0. The number of nitrogens with zero attached hydrogens (tertiary/aromatic N) is 2. The van der Waals surface area contributed by atoms with Crippen molar-refractivity contribution >= 4 is 22.7 Å². The standard InChI is InChI=1S/C41H46N4O2/c1-27(2)32-10-9-11-34(24-32)41(20-21-41)43-39(46)33-18-19-38-37(25-33)28(3)29(4)45(38)26-30-14-16-31(17-15-30)35-12-7-8-13-36(35)40(47)42-22-23-44(5)6/h7-19,24-25,27H,20-23,26H2,1-6H3,(H,42,47)(H,43,46). The van der Waals surface area contributed by atoms with Crippen LogP contribution in [0.15, 0.2) is 91.0 Å². The molecule has 6 nitrogen and oxygen atoms in total. The van der Waals surface area contributed by atoms with Gasteiger partial charge in [-0.3, -0.25) is 9.59 Å². The number of hydrogen-bond donors (Lipinski definition) is 2. The van der Waals surface area contributed by atoms with Crippen molar-refractivity contribution in [1.82, 2.24) is 20.1 Å². The van der Waals surface area contributed by atoms with E-state index in [2.05, 4.69) is 102 Å². The van der Waals surface area contributed by atoms with Gasteiger partial charge in [-0.15, -0.1) is 0 Å². The third-order valence-electron chi connectivity index (χ3n) is 9.73. The molecule has 0 atom stereocenters. The number of nitrogens with one attached hydrogen (secondary N) is 2. The molecular weight excluding hydrogens is 580 g/mol. The van der Waals surface area contributed by atoms with Gasteiger partial charge in [0.2, 0.25) is 0 Å². The van der Waals surface area contributed by atoms with Crippen molar-refractivity contribution in [3.05, 3.63) is 130 Å². The Hall–Kier alpha value is -4.68. The molecule has 1 fully saturated rings. The molecule has 0 aliphatic heterocycles. The van der Waals surface area contributed by atoms with Crippen LogP contribution in [0.4, 0.5) is 0 Å². The van der Waals surface area contributed by atoms with E-state index in [-0.39, 0.29) is 17.4 Å². The summed E-state index contributed by atoms with van der Waals surface area (Å²) in [6.45, 7) is 10.8. The molecule has 6 heteroatoms. The summed E-state index contributed by atoms with van der Waals surface area (Å²) >= 11 is 0. The van der Waals surface area contributed by atoms with Gasteiger partial charge in [0.1, 0.15) is 0 Å². The van der Waals surface area contributed by atoms with E-state index >= 15 is 0 Å². The van der Waals surface area contributed by atoms with Crippen LogP contribution >= 0.6 is 0 Å². The van der Waals surface area contributed by atoms with E-state index in [1.807, 2.05) is 50.5 Å². The molecule has 1 aromatic heterocycles. The molecule has 0 radical (unpaired) electrons. The van der Waals surface area contributed by atoms with Crippen molar-refractivity contribution in [2.45, 2.75) is 58.5 Å². The van der Waals surface area contributed by atoms with Gasteiger partial charge in [0.25, 0.3) is 11.8 Å². The van der Waals surface area contributed by atoms with Crippen molar-refractivity contribution in [2.75, 3.05) is 27.2 Å². The number of carbonyl (C=O) groups is 2. The molecule has 2 amide bonds. The quantitative estimate of drug-likeness (QED) is 0.157. The number of aromatic nitrogens is 1. The second kappa shape index (κ2) is 13.2. The summed E-state index contributed by atoms with van der Waals surface area (Å²) in [5.74, 6) is 0.369. The Morgan fingerprint density at radius 1 is 0.872 bits per heavy atom. The Morgan fingerprint density at radius 3 is 2.32 bits per heavy atom. The molecule has 47 heavy (non-hydrogen) atoms. The van der Waals surface area contributed by atoms with Crippen molar-refractivity contribution in [3.8, 4) is 11.1 Å². The predicted molar refractivity (Wildman–Crippen MR) is 192 cm³/mol. The van der Waals surface area contributed by atoms with E-state index < -0.39 is 0 Å². The highest BCUT2D eigenvalue weighted by atomic mass is 16.2. The van der Waals surface area contributed by atoms with Crippen LogP contribution in [0.5, 0.6) is 0 Å². The molecule has 0 saturated heterocycles. The Morgan fingerprint density at radius 2 is 1.62 bits per heavy atom. The van der Waals surface area contributed by atoms with Gasteiger partial charge >= 0.3 is 0 Å². The normalized spacial score (nSPS) is 13.7. The number of benzene rings is 4. The fraction of sp³-hybridized carbons (Fsp3) is 0.317. The highest BCUT2D eigenvalue weighted by Gasteiger charge is 2.46. The molecule has 4 aromatic carbocycles. The zero-order valence-electron chi connectivity index (χ0n) is 28.5. The van der Waals surface area contributed by atoms with Crippen LogP contribution in [0.3, 0.4) is 0 Å². The van der Waals surface area contributed by atoms with Crippen molar-refractivity contribution in [3.63, 3.8) is 0 Å². The maximum Gasteiger partial charge on any atom is 0.251 e. The molecule has 0 unspecified atom stereocenters. The zero-order chi connectivity index (χ0) is 33.3. The van der Waals surface area contributed by atoms with Gasteiger partial charge < -0.3 is 20.1 Å². The fourth-order valence-electron chi connectivity index (χ4n) is 6.48. The molecule has 5 aromatic rings. The molecule has 1 saturated carbocycles. The zero-order valence-corrected chi connectivity index (χ0v) is 28.5. The number of likely N-dealkylation sites (N-methyl/N-ethyl adjacent to an activating group) is 1. The van der Waals surface area contributed by atoms with Gasteiger partial charge in [-0.05, 0) is 104 Å². The lowest BCUT2D eigenvalue weighted by Crippen LogP contribution is -2.34. The fourth-order valence-corrected chi connectivity index (χ4v) is 6.48. The second-order valence-corrected chi connectivity index (χ2v) is 13.6. The number of rotatable bonds is 11. The first kappa shape index (κ1) is 32.3. The molecule has 0 spiro atoms. The molecule has 2 N–H and O–H groups in total. The highest BCUT2D eigenvalue weighted by Crippen LogP contribution is 2.46. The van der Waals surface area contributed by atoms with E-state index in [4.69, 9.17) is 0 Å². The lowest BCUT2D eigenvalue weighted by atomic mass is 9.96. The summed E-state index contributed by atoms with van der Waals surface area (Å²) in [7, 11) is 3.99. The van der Waals surface area contributed by atoms with Gasteiger partial charge in [0.05, 0.1) is 5.54 Å². The Bertz CT molecular complexity index is 1930. The minimum Gasteiger partial charge on any atom is -0.351 e. The highest BCUT2D eigenvalue weighted by molar-refractivity contribution is 6.01. The average Bonchev–Trinajstić information content (AvgIpc) is 3.82. The van der Waals surface area contributed by atoms with E-state index in [9.17, 15) is 9.59 Å². The van der Waals surface area contributed by atoms with Crippen molar-refractivity contribution < 1.29 is 9.59 Å². The molecule has 242 valence electrons. The van der Waals surface area contributed by atoms with Crippen LogP contribution in [0.2, 0.25) is 0 Å². The van der Waals surface area contributed by atoms with Gasteiger partial charge in [-0.25, -0.2) is 0 Å². The predicted octanol–water partition coefficient (Wildman–Crippen LogP) is 7.81. The second-order valence-electron chi connectivity index (χ2n) is 13.6. The minimum absolute atomic E-state index is 0.0218. The average molecular weight is 627 g/mol. The van der Waals surface area contributed by atoms with Gasteiger partial charge in [-0.2, -0.15) is 0 Å². The SMILES string of the molecule is Cc1c(C)n(Cc2ccc(-c3ccccc3C(=O)NCCN(C)C)cc2)c2ccc(C(=O)NC3(c4cccc(C(C)C)c4)CC3)cc12. The molecule has 0 bridgehead atoms. The molecule has 1 heterocycles. The molecular formula is C41H46N4O2. The van der Waals surface area contributed by atoms with E-state index in [1.165, 1.54) is 27.9 Å². The third-order valence-corrected chi connectivity index (χ3v) is 9.73. The molecule has 6 rings (SSSR count). The number of hydrogen-bond acceptors (Lipinski definition) is 3. The number of carbonyl (C=O) groups excluding carboxylic acids is 2. The largest absolute Gasteiger partial charge is 0.351 e. The van der Waals surface area contributed by atoms with Crippen LogP contribution in [0.1, 0.15) is 81.3 Å². The summed E-state index contributed by atoms with van der Waals surface area (Å²) in [5.41, 5.74) is 10.2. The monoisotopic (exact) mass is 626 g/mol. The van der Waals surface area contributed by atoms with E-state index in [0.29, 0.717) is 30.1 Å². The van der Waals surface area contributed by atoms with Crippen molar-refractivity contribution in [2.24, 2.45) is 0 Å². The van der Waals surface area contributed by atoms with E-state index in [1.54, 1.807) is 0 Å². The van der Waals surface area contributed by atoms with Crippen LogP contribution in [0.25, 0.3) is 22.0 Å². The van der Waals surface area contributed by atoms with Gasteiger partial charge in [0, 0.05) is 47.4 Å². The summed E-state index contributed by atoms with van der Waals surface area (Å²) < 4.78 is 2.33. The minimum atomic E-state index is -0.267. The van der Waals surface area contributed by atoms with Crippen LogP contribution < -0.4 is 10.6 Å². The first-order chi connectivity index (χ1) is 22.6. The lowest BCUT2D eigenvalue weighted by molar-refractivity contribution is 0.0928. The smallest absolute Gasteiger partial charge is 0.251 e. The van der Waals surface area contributed by atoms with Crippen LogP contribution in [0, 0.1) is 13.8 Å². The van der Waals surface area contributed by atoms with Crippen LogP contribution in [-0.4, -0.2) is 48.5 Å². The van der Waals surface area contributed by atoms with Gasteiger partial charge in [0.15, 0.2) is 0 Å². The molecule has 1 aliphatic carbocycles. The van der Waals surface area contributed by atoms with Gasteiger partial charge in [-0.1, -0.05) is 80.6 Å².